The van der Waals surface area contributed by atoms with E-state index in [2.05, 4.69) is 21.2 Å². The van der Waals surface area contributed by atoms with Crippen LogP contribution in [0.3, 0.4) is 0 Å². The van der Waals surface area contributed by atoms with Crippen LogP contribution < -0.4 is 4.74 Å². The van der Waals surface area contributed by atoms with Crippen LogP contribution in [0.1, 0.15) is 5.56 Å². The van der Waals surface area contributed by atoms with E-state index in [0.717, 1.165) is 33.7 Å². The van der Waals surface area contributed by atoms with Gasteiger partial charge in [-0.05, 0) is 48.4 Å². The number of hydrogen-bond donors (Lipinski definition) is 1. The van der Waals surface area contributed by atoms with Crippen LogP contribution in [0.4, 0.5) is 0 Å². The molecular formula is C16H14ClN3O. The molecule has 0 fully saturated rings. The van der Waals surface area contributed by atoms with Gasteiger partial charge < -0.3 is 4.74 Å². The third-order valence-electron chi connectivity index (χ3n) is 3.25. The highest BCUT2D eigenvalue weighted by atomic mass is 35.5. The van der Waals surface area contributed by atoms with Crippen molar-refractivity contribution in [3.8, 4) is 28.1 Å². The van der Waals surface area contributed by atoms with E-state index in [9.17, 15) is 0 Å². The Labute approximate surface area is 127 Å². The molecule has 0 aliphatic rings. The third kappa shape index (κ3) is 2.76. The number of aromatic nitrogens is 3. The van der Waals surface area contributed by atoms with Gasteiger partial charge in [0.15, 0.2) is 0 Å². The largest absolute Gasteiger partial charge is 0.497 e. The summed E-state index contributed by atoms with van der Waals surface area (Å²) in [7, 11) is 1.66. The number of nitrogens with zero attached hydrogens (tertiary/aromatic N) is 2. The smallest absolute Gasteiger partial charge is 0.129 e. The fraction of sp³-hybridized carbons (Fsp3) is 0.125. The van der Waals surface area contributed by atoms with Gasteiger partial charge in [0.25, 0.3) is 0 Å². The number of H-pyrrole nitrogens is 1. The fourth-order valence-electron chi connectivity index (χ4n) is 2.31. The molecule has 0 unspecified atom stereocenters. The van der Waals surface area contributed by atoms with E-state index < -0.39 is 0 Å². The van der Waals surface area contributed by atoms with Gasteiger partial charge >= 0.3 is 0 Å². The number of pyridine rings is 1. The summed E-state index contributed by atoms with van der Waals surface area (Å²) in [5.41, 5.74) is 5.02. The molecule has 0 spiro atoms. The van der Waals surface area contributed by atoms with Crippen LogP contribution in [0.5, 0.6) is 5.75 Å². The molecule has 1 N–H and O–H groups in total. The molecule has 0 bridgehead atoms. The summed E-state index contributed by atoms with van der Waals surface area (Å²) >= 11 is 5.97. The van der Waals surface area contributed by atoms with Crippen molar-refractivity contribution < 1.29 is 4.74 Å². The summed E-state index contributed by atoms with van der Waals surface area (Å²) in [5, 5.41) is 7.67. The molecule has 2 heterocycles. The highest BCUT2D eigenvalue weighted by Gasteiger charge is 2.12. The normalized spacial score (nSPS) is 10.6. The lowest BCUT2D eigenvalue weighted by Gasteiger charge is -2.08. The Hall–Kier alpha value is -2.33. The number of rotatable bonds is 3. The second-order valence-electron chi connectivity index (χ2n) is 4.76. The predicted molar refractivity (Wildman–Crippen MR) is 83.6 cm³/mol. The maximum Gasteiger partial charge on any atom is 0.129 e. The average Bonchev–Trinajstić information content (AvgIpc) is 2.96. The molecule has 4 nitrogen and oxygen atoms in total. The molecule has 0 atom stereocenters. The second kappa shape index (κ2) is 5.58. The Bertz CT molecular complexity index is 783. The monoisotopic (exact) mass is 299 g/mol. The van der Waals surface area contributed by atoms with E-state index in [1.165, 1.54) is 0 Å². The van der Waals surface area contributed by atoms with Crippen molar-refractivity contribution in [2.24, 2.45) is 0 Å². The lowest BCUT2D eigenvalue weighted by Crippen LogP contribution is -1.88. The minimum absolute atomic E-state index is 0.460. The molecule has 21 heavy (non-hydrogen) atoms. The first-order chi connectivity index (χ1) is 10.2. The minimum atomic E-state index is 0.460. The van der Waals surface area contributed by atoms with Gasteiger partial charge in [-0.25, -0.2) is 4.98 Å². The molecule has 106 valence electrons. The third-order valence-corrected chi connectivity index (χ3v) is 3.46. The number of methoxy groups -OCH3 is 1. The van der Waals surface area contributed by atoms with Crippen molar-refractivity contribution in [3.05, 3.63) is 53.4 Å². The molecule has 0 radical (unpaired) electrons. The van der Waals surface area contributed by atoms with Gasteiger partial charge in [0.1, 0.15) is 10.9 Å². The molecule has 0 aliphatic carbocycles. The molecule has 1 aromatic carbocycles. The molecule has 2 aromatic heterocycles. The SMILES string of the molecule is COc1cc(C)cc(-c2[nH]ncc2-c2ccnc(Cl)c2)c1. The zero-order chi connectivity index (χ0) is 14.8. The van der Waals surface area contributed by atoms with Gasteiger partial charge in [-0.1, -0.05) is 11.6 Å². The zero-order valence-corrected chi connectivity index (χ0v) is 12.5. The van der Waals surface area contributed by atoms with Crippen LogP contribution >= 0.6 is 11.6 Å². The molecule has 3 aromatic rings. The summed E-state index contributed by atoms with van der Waals surface area (Å²) in [5.74, 6) is 0.818. The highest BCUT2D eigenvalue weighted by Crippen LogP contribution is 2.33. The standard InChI is InChI=1S/C16H14ClN3O/c1-10-5-12(7-13(6-10)21-2)16-14(9-19-20-16)11-3-4-18-15(17)8-11/h3-9H,1-2H3,(H,19,20). The van der Waals surface area contributed by atoms with Crippen LogP contribution in [-0.2, 0) is 0 Å². The summed E-state index contributed by atoms with van der Waals surface area (Å²) in [6.45, 7) is 2.03. The zero-order valence-electron chi connectivity index (χ0n) is 11.7. The van der Waals surface area contributed by atoms with E-state index in [4.69, 9.17) is 16.3 Å². The van der Waals surface area contributed by atoms with Gasteiger partial charge in [-0.2, -0.15) is 5.10 Å². The van der Waals surface area contributed by atoms with E-state index in [0.29, 0.717) is 5.15 Å². The minimum Gasteiger partial charge on any atom is -0.497 e. The van der Waals surface area contributed by atoms with E-state index in [1.54, 1.807) is 19.5 Å². The Balaban J connectivity index is 2.13. The topological polar surface area (TPSA) is 50.8 Å². The van der Waals surface area contributed by atoms with Gasteiger partial charge in [0, 0.05) is 17.3 Å². The van der Waals surface area contributed by atoms with Gasteiger partial charge in [0.2, 0.25) is 0 Å². The first kappa shape index (κ1) is 13.6. The number of benzene rings is 1. The van der Waals surface area contributed by atoms with Crippen LogP contribution in [-0.4, -0.2) is 22.3 Å². The van der Waals surface area contributed by atoms with Crippen molar-refractivity contribution in [3.63, 3.8) is 0 Å². The molecule has 5 heteroatoms. The molecular weight excluding hydrogens is 286 g/mol. The maximum absolute atomic E-state index is 5.97. The van der Waals surface area contributed by atoms with Gasteiger partial charge in [-0.3, -0.25) is 5.10 Å². The van der Waals surface area contributed by atoms with Crippen molar-refractivity contribution in [2.75, 3.05) is 7.11 Å². The quantitative estimate of drug-likeness (QED) is 0.740. The second-order valence-corrected chi connectivity index (χ2v) is 5.15. The van der Waals surface area contributed by atoms with Crippen molar-refractivity contribution in [2.45, 2.75) is 6.92 Å². The predicted octanol–water partition coefficient (Wildman–Crippen LogP) is 4.11. The van der Waals surface area contributed by atoms with Crippen molar-refractivity contribution in [1.29, 1.82) is 0 Å². The Morgan fingerprint density at radius 3 is 2.76 bits per heavy atom. The fourth-order valence-corrected chi connectivity index (χ4v) is 2.48. The van der Waals surface area contributed by atoms with Crippen LogP contribution in [0.25, 0.3) is 22.4 Å². The van der Waals surface area contributed by atoms with Crippen LogP contribution in [0.15, 0.2) is 42.7 Å². The number of halogens is 1. The molecule has 0 aliphatic heterocycles. The van der Waals surface area contributed by atoms with Crippen molar-refractivity contribution in [1.82, 2.24) is 15.2 Å². The Morgan fingerprint density at radius 1 is 1.14 bits per heavy atom. The van der Waals surface area contributed by atoms with Gasteiger partial charge in [0.05, 0.1) is 19.0 Å². The lowest BCUT2D eigenvalue weighted by atomic mass is 10.0. The molecule has 3 rings (SSSR count). The Kier molecular flexibility index (Phi) is 3.62. The van der Waals surface area contributed by atoms with Crippen LogP contribution in [0.2, 0.25) is 5.15 Å². The Morgan fingerprint density at radius 2 is 2.00 bits per heavy atom. The molecule has 0 saturated carbocycles. The highest BCUT2D eigenvalue weighted by molar-refractivity contribution is 6.29. The number of ether oxygens (including phenoxy) is 1. The first-order valence-electron chi connectivity index (χ1n) is 6.49. The molecule has 0 amide bonds. The van der Waals surface area contributed by atoms with Crippen LogP contribution in [0, 0.1) is 6.92 Å². The summed E-state index contributed by atoms with van der Waals surface area (Å²) in [4.78, 5) is 4.01. The lowest BCUT2D eigenvalue weighted by molar-refractivity contribution is 0.414. The number of aryl methyl sites for hydroxylation is 1. The van der Waals surface area contributed by atoms with Crippen molar-refractivity contribution >= 4 is 11.6 Å². The summed E-state index contributed by atoms with van der Waals surface area (Å²) in [6.07, 6.45) is 3.47. The maximum atomic E-state index is 5.97. The molecule has 0 saturated heterocycles. The number of hydrogen-bond acceptors (Lipinski definition) is 3. The summed E-state index contributed by atoms with van der Waals surface area (Å²) in [6, 6.07) is 9.79. The van der Waals surface area contributed by atoms with Gasteiger partial charge in [-0.15, -0.1) is 0 Å². The number of nitrogens with one attached hydrogen (secondary N) is 1. The van der Waals surface area contributed by atoms with E-state index in [1.807, 2.05) is 31.2 Å². The first-order valence-corrected chi connectivity index (χ1v) is 6.86. The summed E-state index contributed by atoms with van der Waals surface area (Å²) < 4.78 is 5.33. The van der Waals surface area contributed by atoms with E-state index in [-0.39, 0.29) is 0 Å². The van der Waals surface area contributed by atoms with E-state index >= 15 is 0 Å². The average molecular weight is 300 g/mol. The number of aromatic amines is 1.